The lowest BCUT2D eigenvalue weighted by Crippen LogP contribution is -2.29. The fourth-order valence-corrected chi connectivity index (χ4v) is 6.05. The molecule has 1 aromatic heterocycles. The predicted molar refractivity (Wildman–Crippen MR) is 141 cm³/mol. The minimum absolute atomic E-state index is 0.139. The molecule has 1 aliphatic heterocycles. The Hall–Kier alpha value is -2.43. The zero-order valence-electron chi connectivity index (χ0n) is 18.3. The normalized spacial score (nSPS) is 14.9. The Kier molecular flexibility index (Phi) is 7.90. The van der Waals surface area contributed by atoms with E-state index in [4.69, 9.17) is 38.0 Å². The van der Waals surface area contributed by atoms with Crippen LogP contribution in [0.25, 0.3) is 16.2 Å². The summed E-state index contributed by atoms with van der Waals surface area (Å²) in [4.78, 5) is 28.0. The molecule has 1 aliphatic rings. The van der Waals surface area contributed by atoms with Gasteiger partial charge in [-0.15, -0.1) is 11.3 Å². The van der Waals surface area contributed by atoms with E-state index in [2.05, 4.69) is 0 Å². The van der Waals surface area contributed by atoms with Crippen molar-refractivity contribution in [3.63, 3.8) is 0 Å². The van der Waals surface area contributed by atoms with Gasteiger partial charge in [-0.2, -0.15) is 0 Å². The van der Waals surface area contributed by atoms with Crippen molar-refractivity contribution in [3.8, 4) is 11.5 Å². The van der Waals surface area contributed by atoms with Crippen molar-refractivity contribution >= 4 is 79.3 Å². The first-order valence-corrected chi connectivity index (χ1v) is 12.7. The van der Waals surface area contributed by atoms with E-state index < -0.39 is 5.97 Å². The van der Waals surface area contributed by atoms with E-state index in [1.165, 1.54) is 30.2 Å². The van der Waals surface area contributed by atoms with Crippen molar-refractivity contribution in [1.29, 1.82) is 0 Å². The molecule has 4 rings (SSSR count). The topological polar surface area (TPSA) is 65.1 Å². The number of thiophene rings is 1. The molecule has 6 nitrogen and oxygen atoms in total. The second kappa shape index (κ2) is 10.9. The minimum Gasteiger partial charge on any atom is -0.493 e. The van der Waals surface area contributed by atoms with E-state index in [9.17, 15) is 9.59 Å². The number of methoxy groups -OCH3 is 2. The van der Waals surface area contributed by atoms with E-state index in [-0.39, 0.29) is 11.7 Å². The van der Waals surface area contributed by atoms with Crippen LogP contribution in [0, 0.1) is 0 Å². The van der Waals surface area contributed by atoms with E-state index in [0.717, 1.165) is 10.1 Å². The number of nitrogens with zero attached hydrogens (tertiary/aromatic N) is 1. The van der Waals surface area contributed by atoms with Crippen LogP contribution in [0.1, 0.15) is 21.7 Å². The molecular weight excluding hydrogens is 514 g/mol. The van der Waals surface area contributed by atoms with Gasteiger partial charge in [0.15, 0.2) is 11.5 Å². The fourth-order valence-electron chi connectivity index (χ4n) is 3.36. The first kappa shape index (κ1) is 24.7. The molecule has 3 aromatic rings. The van der Waals surface area contributed by atoms with E-state index >= 15 is 0 Å². The van der Waals surface area contributed by atoms with Gasteiger partial charge in [0.25, 0.3) is 5.91 Å². The Morgan fingerprint density at radius 1 is 1.18 bits per heavy atom. The summed E-state index contributed by atoms with van der Waals surface area (Å²) < 4.78 is 17.5. The average Bonchev–Trinajstić information content (AvgIpc) is 3.31. The van der Waals surface area contributed by atoms with Crippen LogP contribution in [0.3, 0.4) is 0 Å². The Labute approximate surface area is 215 Å². The third kappa shape index (κ3) is 5.13. The molecule has 2 aromatic carbocycles. The number of carbonyl (C=O) groups is 2. The van der Waals surface area contributed by atoms with Crippen molar-refractivity contribution in [2.45, 2.75) is 6.42 Å². The lowest BCUT2D eigenvalue weighted by molar-refractivity contribution is -0.122. The highest BCUT2D eigenvalue weighted by Crippen LogP contribution is 2.38. The van der Waals surface area contributed by atoms with Gasteiger partial charge in [0.1, 0.15) is 9.20 Å². The first-order chi connectivity index (χ1) is 16.4. The molecule has 0 unspecified atom stereocenters. The van der Waals surface area contributed by atoms with Crippen molar-refractivity contribution in [2.75, 3.05) is 27.4 Å². The number of rotatable bonds is 8. The fraction of sp³-hybridized carbons (Fsp3) is 0.208. The summed E-state index contributed by atoms with van der Waals surface area (Å²) >= 11 is 14.3. The van der Waals surface area contributed by atoms with E-state index in [1.807, 2.05) is 24.3 Å². The SMILES string of the molecule is COCCCN1C(=O)C(=Cc2ccc(OC(=O)c3sc4ccccc4c3Cl)c(OC)c2)SC1=S. The molecule has 0 atom stereocenters. The molecule has 2 heterocycles. The highest BCUT2D eigenvalue weighted by atomic mass is 35.5. The van der Waals surface area contributed by atoms with Crippen molar-refractivity contribution < 1.29 is 23.8 Å². The third-order valence-electron chi connectivity index (χ3n) is 5.01. The number of thiocarbonyl (C=S) groups is 1. The quantitative estimate of drug-likeness (QED) is 0.115. The highest BCUT2D eigenvalue weighted by molar-refractivity contribution is 8.26. The zero-order chi connectivity index (χ0) is 24.2. The number of ether oxygens (including phenoxy) is 3. The molecule has 0 radical (unpaired) electrons. The molecule has 0 aliphatic carbocycles. The van der Waals surface area contributed by atoms with Crippen LogP contribution in [0.4, 0.5) is 0 Å². The zero-order valence-corrected chi connectivity index (χ0v) is 21.5. The van der Waals surface area contributed by atoms with Crippen molar-refractivity contribution in [3.05, 3.63) is 62.8 Å². The van der Waals surface area contributed by atoms with Crippen LogP contribution in [0.15, 0.2) is 47.4 Å². The molecule has 0 N–H and O–H groups in total. The molecule has 0 saturated carbocycles. The van der Waals surface area contributed by atoms with E-state index in [1.54, 1.807) is 36.3 Å². The van der Waals surface area contributed by atoms with Crippen LogP contribution in [0.2, 0.25) is 5.02 Å². The van der Waals surface area contributed by atoms with Gasteiger partial charge in [-0.25, -0.2) is 4.79 Å². The number of carbonyl (C=O) groups excluding carboxylic acids is 2. The standard InChI is InChI=1S/C24H20ClNO5S3/c1-29-11-5-10-26-22(27)19(34-24(26)32)13-14-8-9-16(17(12-14)30-2)31-23(28)21-20(25)15-6-3-4-7-18(15)33-21/h3-4,6-9,12-13H,5,10-11H2,1-2H3. The number of hydrogen-bond donors (Lipinski definition) is 0. The second-order valence-electron chi connectivity index (χ2n) is 7.22. The molecule has 34 heavy (non-hydrogen) atoms. The largest absolute Gasteiger partial charge is 0.493 e. The summed E-state index contributed by atoms with van der Waals surface area (Å²) in [5, 5.41) is 1.18. The number of amides is 1. The average molecular weight is 534 g/mol. The molecule has 1 saturated heterocycles. The lowest BCUT2D eigenvalue weighted by atomic mass is 10.2. The molecule has 1 amide bonds. The maximum atomic E-state index is 12.8. The van der Waals surface area contributed by atoms with Gasteiger partial charge in [-0.3, -0.25) is 9.69 Å². The van der Waals surface area contributed by atoms with Gasteiger partial charge >= 0.3 is 5.97 Å². The lowest BCUT2D eigenvalue weighted by Gasteiger charge is -2.13. The van der Waals surface area contributed by atoms with Gasteiger partial charge in [-0.05, 0) is 36.3 Å². The monoisotopic (exact) mass is 533 g/mol. The number of benzene rings is 2. The Morgan fingerprint density at radius 2 is 1.97 bits per heavy atom. The van der Waals surface area contributed by atoms with Crippen LogP contribution in [-0.2, 0) is 9.53 Å². The second-order valence-corrected chi connectivity index (χ2v) is 10.3. The molecule has 10 heteroatoms. The number of hydrogen-bond acceptors (Lipinski definition) is 8. The molecule has 176 valence electrons. The molecular formula is C24H20ClNO5S3. The third-order valence-corrected chi connectivity index (χ3v) is 8.05. The summed E-state index contributed by atoms with van der Waals surface area (Å²) in [6.45, 7) is 1.06. The van der Waals surface area contributed by atoms with Crippen LogP contribution in [0.5, 0.6) is 11.5 Å². The van der Waals surface area contributed by atoms with E-state index in [0.29, 0.717) is 50.0 Å². The van der Waals surface area contributed by atoms with Crippen LogP contribution >= 0.6 is 46.9 Å². The smallest absolute Gasteiger partial charge is 0.355 e. The maximum Gasteiger partial charge on any atom is 0.355 e. The predicted octanol–water partition coefficient (Wildman–Crippen LogP) is 6.02. The Balaban J connectivity index is 1.52. The van der Waals surface area contributed by atoms with Gasteiger partial charge in [0.05, 0.1) is 17.0 Å². The summed E-state index contributed by atoms with van der Waals surface area (Å²) in [6, 6.07) is 12.6. The number of esters is 1. The highest BCUT2D eigenvalue weighted by Gasteiger charge is 2.31. The number of halogens is 1. The number of thioether (sulfide) groups is 1. The van der Waals surface area contributed by atoms with Crippen molar-refractivity contribution in [2.24, 2.45) is 0 Å². The maximum absolute atomic E-state index is 12.8. The molecule has 0 bridgehead atoms. The van der Waals surface area contributed by atoms with Crippen molar-refractivity contribution in [1.82, 2.24) is 4.90 Å². The van der Waals surface area contributed by atoms with Gasteiger partial charge in [-0.1, -0.05) is 59.8 Å². The summed E-state index contributed by atoms with van der Waals surface area (Å²) in [6.07, 6.45) is 2.44. The number of fused-ring (bicyclic) bond motifs is 1. The summed E-state index contributed by atoms with van der Waals surface area (Å²) in [7, 11) is 3.10. The summed E-state index contributed by atoms with van der Waals surface area (Å²) in [5.74, 6) is -0.0886. The summed E-state index contributed by atoms with van der Waals surface area (Å²) in [5.41, 5.74) is 0.717. The first-order valence-electron chi connectivity index (χ1n) is 10.2. The Bertz CT molecular complexity index is 1300. The minimum atomic E-state index is -0.561. The van der Waals surface area contributed by atoms with Gasteiger partial charge in [0.2, 0.25) is 0 Å². The molecule has 1 fully saturated rings. The van der Waals surface area contributed by atoms with Gasteiger partial charge in [0, 0.05) is 30.3 Å². The van der Waals surface area contributed by atoms with Gasteiger partial charge < -0.3 is 14.2 Å². The molecule has 0 spiro atoms. The Morgan fingerprint density at radius 3 is 2.71 bits per heavy atom. The van der Waals surface area contributed by atoms with Crippen LogP contribution in [-0.4, -0.2) is 48.5 Å². The van der Waals surface area contributed by atoms with Crippen LogP contribution < -0.4 is 9.47 Å².